The monoisotopic (exact) mass is 350 g/mol. The van der Waals surface area contributed by atoms with Gasteiger partial charge in [0.25, 0.3) is 0 Å². The summed E-state index contributed by atoms with van der Waals surface area (Å²) in [5, 5.41) is 2.74. The minimum absolute atomic E-state index is 0.498. The van der Waals surface area contributed by atoms with Gasteiger partial charge in [0.05, 0.1) is 0 Å². The number of rotatable bonds is 4. The molecule has 2 aromatic carbocycles. The van der Waals surface area contributed by atoms with Crippen molar-refractivity contribution in [2.24, 2.45) is 0 Å². The molecule has 0 aliphatic heterocycles. The number of nitrogens with zero attached hydrogens (tertiary/aromatic N) is 1. The lowest BCUT2D eigenvalue weighted by Crippen LogP contribution is -2.17. The zero-order valence-electron chi connectivity index (χ0n) is 14.0. The molecule has 5 heteroatoms. The second-order valence-corrected chi connectivity index (χ2v) is 6.28. The highest BCUT2D eigenvalue weighted by molar-refractivity contribution is 7.98. The van der Waals surface area contributed by atoms with E-state index < -0.39 is 6.09 Å². The van der Waals surface area contributed by atoms with E-state index >= 15 is 0 Å². The second-order valence-electron chi connectivity index (χ2n) is 5.43. The van der Waals surface area contributed by atoms with E-state index in [0.717, 1.165) is 11.1 Å². The molecule has 1 heterocycles. The van der Waals surface area contributed by atoms with Gasteiger partial charge in [-0.3, -0.25) is 10.3 Å². The molecular weight excluding hydrogens is 332 g/mol. The van der Waals surface area contributed by atoms with Crippen LogP contribution in [0, 0.1) is 6.92 Å². The van der Waals surface area contributed by atoms with Gasteiger partial charge in [-0.05, 0) is 48.6 Å². The van der Waals surface area contributed by atoms with Gasteiger partial charge in [0.2, 0.25) is 0 Å². The minimum Gasteiger partial charge on any atom is -0.410 e. The van der Waals surface area contributed by atoms with Gasteiger partial charge in [0.1, 0.15) is 5.75 Å². The van der Waals surface area contributed by atoms with Gasteiger partial charge in [-0.2, -0.15) is 0 Å². The van der Waals surface area contributed by atoms with Crippen LogP contribution in [0.15, 0.2) is 71.9 Å². The molecule has 0 radical (unpaired) electrons. The molecule has 0 aliphatic carbocycles. The Balaban J connectivity index is 1.70. The lowest BCUT2D eigenvalue weighted by molar-refractivity contribution is 0.215. The number of hydrogen-bond acceptors (Lipinski definition) is 4. The summed E-state index contributed by atoms with van der Waals surface area (Å²) in [6.45, 7) is 1.84. The average molecular weight is 350 g/mol. The summed E-state index contributed by atoms with van der Waals surface area (Å²) in [6, 6.07) is 17.6. The number of nitrogens with one attached hydrogen (secondary N) is 1. The molecular formula is C20H18N2O2S. The first-order valence-corrected chi connectivity index (χ1v) is 9.03. The predicted octanol–water partition coefficient (Wildman–Crippen LogP) is 5.39. The Labute approximate surface area is 151 Å². The Morgan fingerprint density at radius 2 is 1.84 bits per heavy atom. The third-order valence-corrected chi connectivity index (χ3v) is 4.52. The highest BCUT2D eigenvalue weighted by Crippen LogP contribution is 2.30. The number of carbonyl (C=O) groups is 1. The van der Waals surface area contributed by atoms with Crippen molar-refractivity contribution in [2.45, 2.75) is 11.8 Å². The van der Waals surface area contributed by atoms with Crippen LogP contribution < -0.4 is 10.1 Å². The van der Waals surface area contributed by atoms with Crippen LogP contribution in [0.5, 0.6) is 5.75 Å². The van der Waals surface area contributed by atoms with Crippen LogP contribution in [0.1, 0.15) is 5.56 Å². The first kappa shape index (κ1) is 17.0. The van der Waals surface area contributed by atoms with Crippen LogP contribution >= 0.6 is 11.8 Å². The Bertz CT molecular complexity index is 879. The number of pyridine rings is 1. The minimum atomic E-state index is -0.522. The molecule has 3 aromatic rings. The van der Waals surface area contributed by atoms with E-state index in [1.807, 2.05) is 43.3 Å². The normalized spacial score (nSPS) is 10.3. The fourth-order valence-corrected chi connectivity index (χ4v) is 3.06. The first-order valence-electron chi connectivity index (χ1n) is 7.80. The summed E-state index contributed by atoms with van der Waals surface area (Å²) in [5.74, 6) is 0.498. The van der Waals surface area contributed by atoms with E-state index in [4.69, 9.17) is 4.74 Å². The highest BCUT2D eigenvalue weighted by Gasteiger charge is 2.08. The topological polar surface area (TPSA) is 51.2 Å². The number of benzene rings is 2. The van der Waals surface area contributed by atoms with Gasteiger partial charge in [-0.15, -0.1) is 11.8 Å². The fourth-order valence-electron chi connectivity index (χ4n) is 2.43. The number of hydrogen-bond donors (Lipinski definition) is 1. The number of ether oxygens (including phenoxy) is 1. The van der Waals surface area contributed by atoms with Crippen LogP contribution in [0.25, 0.3) is 11.1 Å². The van der Waals surface area contributed by atoms with Gasteiger partial charge in [-0.1, -0.05) is 30.3 Å². The van der Waals surface area contributed by atoms with Crippen LogP contribution in [0.4, 0.5) is 10.5 Å². The molecule has 1 N–H and O–H groups in total. The fraction of sp³-hybridized carbons (Fsp3) is 0.100. The van der Waals surface area contributed by atoms with E-state index in [1.54, 1.807) is 30.2 Å². The molecule has 1 aromatic heterocycles. The molecule has 0 atom stereocenters. The van der Waals surface area contributed by atoms with Gasteiger partial charge < -0.3 is 4.74 Å². The van der Waals surface area contributed by atoms with Crippen LogP contribution in [0.2, 0.25) is 0 Å². The van der Waals surface area contributed by atoms with Crippen molar-refractivity contribution in [1.82, 2.24) is 4.98 Å². The Kier molecular flexibility index (Phi) is 5.36. The predicted molar refractivity (Wildman–Crippen MR) is 102 cm³/mol. The molecule has 0 unspecified atom stereocenters. The summed E-state index contributed by atoms with van der Waals surface area (Å²) in [6.07, 6.45) is 4.78. The van der Waals surface area contributed by atoms with Gasteiger partial charge in [0.15, 0.2) is 0 Å². The summed E-state index contributed by atoms with van der Waals surface area (Å²) in [4.78, 5) is 17.2. The molecule has 25 heavy (non-hydrogen) atoms. The van der Waals surface area contributed by atoms with Crippen molar-refractivity contribution >= 4 is 23.5 Å². The van der Waals surface area contributed by atoms with Crippen molar-refractivity contribution in [2.75, 3.05) is 11.6 Å². The van der Waals surface area contributed by atoms with E-state index in [9.17, 15) is 4.79 Å². The standard InChI is InChI=1S/C20H18N2O2S/c1-14-13-21-12-11-18(14)24-20(23)22-16-9-7-15(8-10-16)17-5-3-4-6-19(17)25-2/h3-13H,1-2H3,(H,22,23). The molecule has 0 saturated carbocycles. The van der Waals surface area contributed by atoms with Gasteiger partial charge >= 0.3 is 6.09 Å². The third-order valence-electron chi connectivity index (χ3n) is 3.72. The number of carbonyl (C=O) groups excluding carboxylic acids is 1. The number of aryl methyl sites for hydroxylation is 1. The number of aromatic nitrogens is 1. The average Bonchev–Trinajstić information content (AvgIpc) is 2.64. The summed E-state index contributed by atoms with van der Waals surface area (Å²) in [7, 11) is 0. The van der Waals surface area contributed by atoms with E-state index in [0.29, 0.717) is 11.4 Å². The lowest BCUT2D eigenvalue weighted by Gasteiger charge is -2.10. The number of thioether (sulfide) groups is 1. The Hall–Kier alpha value is -2.79. The van der Waals surface area contributed by atoms with Crippen molar-refractivity contribution in [1.29, 1.82) is 0 Å². The molecule has 126 valence electrons. The van der Waals surface area contributed by atoms with Crippen LogP contribution in [-0.4, -0.2) is 17.3 Å². The molecule has 1 amide bonds. The maximum absolute atomic E-state index is 12.0. The number of anilines is 1. The Morgan fingerprint density at radius 3 is 2.56 bits per heavy atom. The summed E-state index contributed by atoms with van der Waals surface area (Å²) >= 11 is 1.71. The Morgan fingerprint density at radius 1 is 1.08 bits per heavy atom. The smallest absolute Gasteiger partial charge is 0.410 e. The van der Waals surface area contributed by atoms with Gasteiger partial charge in [0, 0.05) is 28.5 Å². The zero-order chi connectivity index (χ0) is 17.6. The van der Waals surface area contributed by atoms with Crippen LogP contribution in [-0.2, 0) is 0 Å². The summed E-state index contributed by atoms with van der Waals surface area (Å²) in [5.41, 5.74) is 3.77. The first-order chi connectivity index (χ1) is 12.2. The quantitative estimate of drug-likeness (QED) is 0.641. The van der Waals surface area contributed by atoms with Crippen molar-refractivity contribution in [3.8, 4) is 16.9 Å². The number of amides is 1. The highest BCUT2D eigenvalue weighted by atomic mass is 32.2. The molecule has 0 spiro atoms. The largest absolute Gasteiger partial charge is 0.417 e. The van der Waals surface area contributed by atoms with Crippen molar-refractivity contribution in [3.63, 3.8) is 0 Å². The molecule has 0 fully saturated rings. The molecule has 4 nitrogen and oxygen atoms in total. The maximum atomic E-state index is 12.0. The van der Waals surface area contributed by atoms with Crippen molar-refractivity contribution in [3.05, 3.63) is 72.6 Å². The molecule has 0 saturated heterocycles. The van der Waals surface area contributed by atoms with Crippen LogP contribution in [0.3, 0.4) is 0 Å². The molecule has 0 bridgehead atoms. The van der Waals surface area contributed by atoms with Gasteiger partial charge in [-0.25, -0.2) is 4.79 Å². The summed E-state index contributed by atoms with van der Waals surface area (Å²) < 4.78 is 5.31. The second kappa shape index (κ2) is 7.85. The zero-order valence-corrected chi connectivity index (χ0v) is 14.8. The van der Waals surface area contributed by atoms with E-state index in [1.165, 1.54) is 10.5 Å². The lowest BCUT2D eigenvalue weighted by atomic mass is 10.1. The maximum Gasteiger partial charge on any atom is 0.417 e. The van der Waals surface area contributed by atoms with Crippen molar-refractivity contribution < 1.29 is 9.53 Å². The molecule has 3 rings (SSSR count). The van der Waals surface area contributed by atoms with E-state index in [-0.39, 0.29) is 0 Å². The molecule has 0 aliphatic rings. The van der Waals surface area contributed by atoms with E-state index in [2.05, 4.69) is 28.7 Å². The third kappa shape index (κ3) is 4.19. The SMILES string of the molecule is CSc1ccccc1-c1ccc(NC(=O)Oc2ccncc2C)cc1.